The Morgan fingerprint density at radius 2 is 1.65 bits per heavy atom. The first-order chi connectivity index (χ1) is 14.6. The average Bonchev–Trinajstić information content (AvgIpc) is 2.74. The number of anilines is 1. The zero-order chi connectivity index (χ0) is 22.7. The van der Waals surface area contributed by atoms with Crippen LogP contribution in [0.15, 0.2) is 59.5 Å². The SMILES string of the molecule is O=C(Nc1ccc(OC(F)(F)F)cc1)C1(CO)CCN(S(=O)(=O)c2ccccc2)CC1. The first kappa shape index (κ1) is 23.0. The maximum absolute atomic E-state index is 12.8. The number of ether oxygens (including phenoxy) is 1. The van der Waals surface area contributed by atoms with Crippen LogP contribution in [-0.2, 0) is 14.8 Å². The van der Waals surface area contributed by atoms with Crippen LogP contribution < -0.4 is 10.1 Å². The van der Waals surface area contributed by atoms with Gasteiger partial charge in [-0.25, -0.2) is 8.42 Å². The summed E-state index contributed by atoms with van der Waals surface area (Å²) in [6.07, 6.45) is -4.63. The quantitative estimate of drug-likeness (QED) is 0.694. The van der Waals surface area contributed by atoms with Gasteiger partial charge in [0, 0.05) is 18.8 Å². The van der Waals surface area contributed by atoms with Gasteiger partial charge in [0.25, 0.3) is 0 Å². The molecule has 31 heavy (non-hydrogen) atoms. The highest BCUT2D eigenvalue weighted by molar-refractivity contribution is 7.89. The van der Waals surface area contributed by atoms with Crippen molar-refractivity contribution in [2.24, 2.45) is 5.41 Å². The second-order valence-corrected chi connectivity index (χ2v) is 9.12. The number of hydrogen-bond acceptors (Lipinski definition) is 5. The fourth-order valence-corrected chi connectivity index (χ4v) is 4.82. The van der Waals surface area contributed by atoms with Crippen molar-refractivity contribution < 1.29 is 36.2 Å². The fraction of sp³-hybridized carbons (Fsp3) is 0.350. The lowest BCUT2D eigenvalue weighted by Crippen LogP contribution is -2.50. The van der Waals surface area contributed by atoms with E-state index in [1.165, 1.54) is 28.6 Å². The van der Waals surface area contributed by atoms with Crippen LogP contribution in [0.2, 0.25) is 0 Å². The van der Waals surface area contributed by atoms with Gasteiger partial charge in [0.2, 0.25) is 15.9 Å². The largest absolute Gasteiger partial charge is 0.573 e. The number of carbonyl (C=O) groups is 1. The summed E-state index contributed by atoms with van der Waals surface area (Å²) in [4.78, 5) is 13.0. The molecule has 0 unspecified atom stereocenters. The Balaban J connectivity index is 1.66. The summed E-state index contributed by atoms with van der Waals surface area (Å²) in [5.74, 6) is -0.960. The fourth-order valence-electron chi connectivity index (χ4n) is 3.36. The number of hydrogen-bond donors (Lipinski definition) is 2. The van der Waals surface area contributed by atoms with Crippen molar-refractivity contribution in [2.75, 3.05) is 25.0 Å². The van der Waals surface area contributed by atoms with E-state index in [0.717, 1.165) is 12.1 Å². The smallest absolute Gasteiger partial charge is 0.406 e. The van der Waals surface area contributed by atoms with Crippen LogP contribution in [0.4, 0.5) is 18.9 Å². The highest BCUT2D eigenvalue weighted by atomic mass is 32.2. The number of sulfonamides is 1. The van der Waals surface area contributed by atoms with Crippen LogP contribution in [0.5, 0.6) is 5.75 Å². The molecule has 0 bridgehead atoms. The molecule has 2 aromatic carbocycles. The molecule has 2 aromatic rings. The Kier molecular flexibility index (Phi) is 6.58. The van der Waals surface area contributed by atoms with Crippen molar-refractivity contribution in [3.05, 3.63) is 54.6 Å². The molecule has 1 heterocycles. The molecule has 3 rings (SSSR count). The molecule has 7 nitrogen and oxygen atoms in total. The number of nitrogens with zero attached hydrogens (tertiary/aromatic N) is 1. The van der Waals surface area contributed by atoms with Gasteiger partial charge in [-0.1, -0.05) is 18.2 Å². The van der Waals surface area contributed by atoms with Crippen LogP contribution in [0.3, 0.4) is 0 Å². The van der Waals surface area contributed by atoms with Gasteiger partial charge in [-0.2, -0.15) is 4.31 Å². The zero-order valence-electron chi connectivity index (χ0n) is 16.3. The van der Waals surface area contributed by atoms with E-state index in [1.54, 1.807) is 18.2 Å². The second kappa shape index (κ2) is 8.85. The minimum atomic E-state index is -4.82. The standard InChI is InChI=1S/C20H21F3N2O5S/c21-20(22,23)30-16-8-6-15(7-9-16)24-18(27)19(14-26)10-12-25(13-11-19)31(28,29)17-4-2-1-3-5-17/h1-9,26H,10-14H2,(H,24,27). The number of rotatable bonds is 6. The zero-order valence-corrected chi connectivity index (χ0v) is 17.1. The van der Waals surface area contributed by atoms with E-state index in [0.29, 0.717) is 0 Å². The molecule has 0 radical (unpaired) electrons. The first-order valence-electron chi connectivity index (χ1n) is 9.39. The van der Waals surface area contributed by atoms with Gasteiger partial charge in [-0.3, -0.25) is 4.79 Å². The first-order valence-corrected chi connectivity index (χ1v) is 10.8. The number of piperidine rings is 1. The van der Waals surface area contributed by atoms with Crippen molar-refractivity contribution >= 4 is 21.6 Å². The molecule has 11 heteroatoms. The molecule has 0 saturated carbocycles. The lowest BCUT2D eigenvalue weighted by Gasteiger charge is -2.38. The number of carbonyl (C=O) groups excluding carboxylic acids is 1. The molecule has 2 N–H and O–H groups in total. The van der Waals surface area contributed by atoms with Gasteiger partial charge in [0.1, 0.15) is 5.75 Å². The molecule has 0 atom stereocenters. The number of amides is 1. The van der Waals surface area contributed by atoms with E-state index in [-0.39, 0.29) is 36.5 Å². The monoisotopic (exact) mass is 458 g/mol. The average molecular weight is 458 g/mol. The maximum atomic E-state index is 12.8. The maximum Gasteiger partial charge on any atom is 0.573 e. The van der Waals surface area contributed by atoms with E-state index in [9.17, 15) is 31.5 Å². The van der Waals surface area contributed by atoms with E-state index >= 15 is 0 Å². The van der Waals surface area contributed by atoms with Crippen molar-refractivity contribution in [1.29, 1.82) is 0 Å². The number of nitrogens with one attached hydrogen (secondary N) is 1. The predicted octanol–water partition coefficient (Wildman–Crippen LogP) is 2.99. The van der Waals surface area contributed by atoms with Crippen molar-refractivity contribution in [3.63, 3.8) is 0 Å². The summed E-state index contributed by atoms with van der Waals surface area (Å²) in [5, 5.41) is 12.5. The Labute approximate surface area is 177 Å². The third-order valence-corrected chi connectivity index (χ3v) is 7.10. The Bertz CT molecular complexity index is 1000. The molecule has 0 aromatic heterocycles. The normalized spacial score (nSPS) is 17.2. The van der Waals surface area contributed by atoms with Gasteiger partial charge < -0.3 is 15.2 Å². The Morgan fingerprint density at radius 1 is 1.06 bits per heavy atom. The van der Waals surface area contributed by atoms with Gasteiger partial charge in [-0.05, 0) is 49.2 Å². The molecule has 0 spiro atoms. The highest BCUT2D eigenvalue weighted by Crippen LogP contribution is 2.35. The summed E-state index contributed by atoms with van der Waals surface area (Å²) < 4.78 is 67.3. The molecule has 1 amide bonds. The number of halogens is 3. The van der Waals surface area contributed by atoms with Crippen LogP contribution in [0.25, 0.3) is 0 Å². The second-order valence-electron chi connectivity index (χ2n) is 7.18. The van der Waals surface area contributed by atoms with Crippen molar-refractivity contribution in [3.8, 4) is 5.75 Å². The van der Waals surface area contributed by atoms with Gasteiger partial charge in [-0.15, -0.1) is 13.2 Å². The van der Waals surface area contributed by atoms with Crippen LogP contribution in [-0.4, -0.2) is 49.8 Å². The molecule has 1 saturated heterocycles. The third-order valence-electron chi connectivity index (χ3n) is 5.19. The molecule has 1 aliphatic heterocycles. The van der Waals surface area contributed by atoms with Crippen LogP contribution in [0, 0.1) is 5.41 Å². The molecule has 1 fully saturated rings. The minimum absolute atomic E-state index is 0.0452. The van der Waals surface area contributed by atoms with Crippen LogP contribution >= 0.6 is 0 Å². The number of aliphatic hydroxyl groups is 1. The summed E-state index contributed by atoms with van der Waals surface area (Å²) in [6, 6.07) is 12.5. The lowest BCUT2D eigenvalue weighted by atomic mass is 9.78. The third kappa shape index (κ3) is 5.35. The minimum Gasteiger partial charge on any atom is -0.406 e. The molecule has 0 aliphatic carbocycles. The van der Waals surface area contributed by atoms with Crippen molar-refractivity contribution in [2.45, 2.75) is 24.1 Å². The van der Waals surface area contributed by atoms with Gasteiger partial charge >= 0.3 is 6.36 Å². The molecule has 1 aliphatic rings. The molecular weight excluding hydrogens is 437 g/mol. The number of alkyl halides is 3. The van der Waals surface area contributed by atoms with E-state index < -0.39 is 40.1 Å². The van der Waals surface area contributed by atoms with E-state index in [1.807, 2.05) is 0 Å². The van der Waals surface area contributed by atoms with Crippen LogP contribution in [0.1, 0.15) is 12.8 Å². The summed E-state index contributed by atoms with van der Waals surface area (Å²) in [7, 11) is -3.71. The topological polar surface area (TPSA) is 95.9 Å². The molecule has 168 valence electrons. The summed E-state index contributed by atoms with van der Waals surface area (Å²) in [5.41, 5.74) is -0.976. The van der Waals surface area contributed by atoms with Crippen molar-refractivity contribution in [1.82, 2.24) is 4.31 Å². The van der Waals surface area contributed by atoms with Gasteiger partial charge in [0.05, 0.1) is 16.9 Å². The summed E-state index contributed by atoms with van der Waals surface area (Å²) in [6.45, 7) is -0.402. The Hall–Kier alpha value is -2.63. The predicted molar refractivity (Wildman–Crippen MR) is 106 cm³/mol. The molecular formula is C20H21F3N2O5S. The number of aliphatic hydroxyl groups excluding tert-OH is 1. The van der Waals surface area contributed by atoms with E-state index in [2.05, 4.69) is 10.1 Å². The van der Waals surface area contributed by atoms with Gasteiger partial charge in [0.15, 0.2) is 0 Å². The summed E-state index contributed by atoms with van der Waals surface area (Å²) >= 11 is 0. The number of benzene rings is 2. The lowest BCUT2D eigenvalue weighted by molar-refractivity contribution is -0.274. The highest BCUT2D eigenvalue weighted by Gasteiger charge is 2.43. The Morgan fingerprint density at radius 3 is 2.16 bits per heavy atom. The van der Waals surface area contributed by atoms with E-state index in [4.69, 9.17) is 0 Å².